The van der Waals surface area contributed by atoms with Gasteiger partial charge in [0.25, 0.3) is 5.91 Å². The largest absolute Gasteiger partial charge is 0.493 e. The molecule has 1 unspecified atom stereocenters. The number of hydrogen-bond donors (Lipinski definition) is 1. The fourth-order valence-corrected chi connectivity index (χ4v) is 4.55. The number of methoxy groups -OCH3 is 2. The number of rotatable bonds is 5. The number of pyridine rings is 1. The smallest absolute Gasteiger partial charge is 0.259 e. The van der Waals surface area contributed by atoms with Crippen LogP contribution in [0, 0.1) is 0 Å². The van der Waals surface area contributed by atoms with Crippen LogP contribution in [0.5, 0.6) is 11.5 Å². The van der Waals surface area contributed by atoms with E-state index in [9.17, 15) is 4.79 Å². The molecule has 0 spiro atoms. The van der Waals surface area contributed by atoms with Crippen LogP contribution >= 0.6 is 11.8 Å². The third-order valence-electron chi connectivity index (χ3n) is 4.52. The summed E-state index contributed by atoms with van der Waals surface area (Å²) in [6.45, 7) is 0. The second-order valence-corrected chi connectivity index (χ2v) is 7.10. The molecule has 0 radical (unpaired) electrons. The number of thioether (sulfide) groups is 1. The van der Waals surface area contributed by atoms with E-state index in [2.05, 4.69) is 20.9 Å². The molecule has 0 saturated carbocycles. The summed E-state index contributed by atoms with van der Waals surface area (Å²) >= 11 is 1.81. The maximum Gasteiger partial charge on any atom is 0.259 e. The molecule has 0 aliphatic carbocycles. The third-order valence-corrected chi connectivity index (χ3v) is 5.78. The monoisotopic (exact) mass is 399 g/mol. The lowest BCUT2D eigenvalue weighted by atomic mass is 10.1. The minimum absolute atomic E-state index is 0. The van der Waals surface area contributed by atoms with E-state index in [4.69, 9.17) is 9.47 Å². The van der Waals surface area contributed by atoms with Crippen LogP contribution < -0.4 is 14.8 Å². The van der Waals surface area contributed by atoms with Crippen molar-refractivity contribution in [3.8, 4) is 11.5 Å². The number of nitrogens with zero attached hydrogens (tertiary/aromatic N) is 2. The van der Waals surface area contributed by atoms with Gasteiger partial charge in [-0.15, -0.1) is 11.8 Å². The summed E-state index contributed by atoms with van der Waals surface area (Å²) in [6.07, 6.45) is 5.66. The molecule has 1 aliphatic heterocycles. The lowest BCUT2D eigenvalue weighted by Crippen LogP contribution is -2.14. The Balaban J connectivity index is 0.00000225. The number of aromatic nitrogens is 2. The molecule has 0 bridgehead atoms. The van der Waals surface area contributed by atoms with Crippen LogP contribution in [0.4, 0.5) is 5.69 Å². The molecule has 8 heteroatoms. The molecule has 0 saturated heterocycles. The first-order valence-corrected chi connectivity index (χ1v) is 9.51. The van der Waals surface area contributed by atoms with Crippen LogP contribution in [0.25, 0.3) is 0 Å². The Morgan fingerprint density at radius 1 is 1.21 bits per heavy atom. The van der Waals surface area contributed by atoms with Gasteiger partial charge in [0.05, 0.1) is 31.2 Å². The van der Waals surface area contributed by atoms with Crippen molar-refractivity contribution < 1.29 is 19.7 Å². The van der Waals surface area contributed by atoms with Crippen molar-refractivity contribution in [2.24, 2.45) is 0 Å². The molecule has 1 atom stereocenters. The minimum atomic E-state index is -0.227. The van der Waals surface area contributed by atoms with E-state index in [1.165, 1.54) is 7.11 Å². The molecule has 4 rings (SSSR count). The van der Waals surface area contributed by atoms with E-state index in [-0.39, 0.29) is 16.8 Å². The number of anilines is 1. The van der Waals surface area contributed by atoms with Crippen molar-refractivity contribution in [2.75, 3.05) is 19.5 Å². The van der Waals surface area contributed by atoms with Crippen molar-refractivity contribution in [3.05, 3.63) is 71.8 Å². The standard InChI is InChI=1S/C20H19N3O3S.H2O/c1-25-17-7-3-6-14(18(17)26-2)19(24)22-15-8-10-23-16(15)12-27-20(23)13-5-4-9-21-11-13;/h3-11,20H,12H2,1-2H3,(H,22,24);1H2. The molecule has 7 nitrogen and oxygen atoms in total. The van der Waals surface area contributed by atoms with E-state index < -0.39 is 0 Å². The third kappa shape index (κ3) is 3.44. The van der Waals surface area contributed by atoms with Gasteiger partial charge < -0.3 is 24.8 Å². The van der Waals surface area contributed by atoms with Crippen molar-refractivity contribution >= 4 is 23.4 Å². The van der Waals surface area contributed by atoms with E-state index in [1.54, 1.807) is 31.5 Å². The number of nitrogens with one attached hydrogen (secondary N) is 1. The fourth-order valence-electron chi connectivity index (χ4n) is 3.24. The van der Waals surface area contributed by atoms with Gasteiger partial charge in [0.1, 0.15) is 5.37 Å². The molecular formula is C20H21N3O4S. The van der Waals surface area contributed by atoms with Crippen molar-refractivity contribution in [1.82, 2.24) is 9.55 Å². The molecule has 1 aromatic carbocycles. The Kier molecular flexibility index (Phi) is 5.91. The van der Waals surface area contributed by atoms with Crippen LogP contribution in [0.15, 0.2) is 55.0 Å². The Morgan fingerprint density at radius 2 is 2.07 bits per heavy atom. The number of amides is 1. The summed E-state index contributed by atoms with van der Waals surface area (Å²) in [6, 6.07) is 11.2. The van der Waals surface area contributed by atoms with Crippen LogP contribution in [0.1, 0.15) is 27.0 Å². The van der Waals surface area contributed by atoms with E-state index in [0.29, 0.717) is 17.1 Å². The first-order valence-electron chi connectivity index (χ1n) is 8.46. The van der Waals surface area contributed by atoms with Gasteiger partial charge in [0.15, 0.2) is 11.5 Å². The molecule has 3 aromatic rings. The highest BCUT2D eigenvalue weighted by Gasteiger charge is 2.27. The predicted octanol–water partition coefficient (Wildman–Crippen LogP) is 3.12. The molecule has 2 aromatic heterocycles. The highest BCUT2D eigenvalue weighted by Crippen LogP contribution is 2.43. The predicted molar refractivity (Wildman–Crippen MR) is 109 cm³/mol. The molecule has 28 heavy (non-hydrogen) atoms. The molecule has 0 fully saturated rings. The molecule has 3 N–H and O–H groups in total. The van der Waals surface area contributed by atoms with Crippen LogP contribution in [0.3, 0.4) is 0 Å². The highest BCUT2D eigenvalue weighted by molar-refractivity contribution is 7.99. The minimum Gasteiger partial charge on any atom is -0.493 e. The number of para-hydroxylation sites is 1. The molecule has 146 valence electrons. The quantitative estimate of drug-likeness (QED) is 0.711. The Bertz CT molecular complexity index is 975. The van der Waals surface area contributed by atoms with E-state index in [0.717, 1.165) is 22.7 Å². The average Bonchev–Trinajstić information content (AvgIpc) is 3.30. The number of benzene rings is 1. The van der Waals surface area contributed by atoms with Crippen molar-refractivity contribution in [2.45, 2.75) is 11.1 Å². The first-order chi connectivity index (χ1) is 13.2. The van der Waals surface area contributed by atoms with Gasteiger partial charge in [-0.05, 0) is 24.3 Å². The first kappa shape index (κ1) is 19.8. The lowest BCUT2D eigenvalue weighted by Gasteiger charge is -2.13. The molecular weight excluding hydrogens is 378 g/mol. The van der Waals surface area contributed by atoms with Gasteiger partial charge in [-0.3, -0.25) is 9.78 Å². The maximum atomic E-state index is 12.8. The number of carbonyl (C=O) groups is 1. The summed E-state index contributed by atoms with van der Waals surface area (Å²) in [5.74, 6) is 1.54. The van der Waals surface area contributed by atoms with Gasteiger partial charge >= 0.3 is 0 Å². The molecule has 3 heterocycles. The topological polar surface area (TPSA) is 96.9 Å². The lowest BCUT2D eigenvalue weighted by molar-refractivity contribution is 0.102. The summed E-state index contributed by atoms with van der Waals surface area (Å²) in [7, 11) is 3.08. The van der Waals surface area contributed by atoms with Gasteiger partial charge in [-0.25, -0.2) is 0 Å². The normalized spacial score (nSPS) is 14.7. The van der Waals surface area contributed by atoms with Gasteiger partial charge in [0.2, 0.25) is 0 Å². The zero-order valence-electron chi connectivity index (χ0n) is 15.5. The SMILES string of the molecule is COc1cccc(C(=O)Nc2ccn3c2CSC3c2cccnc2)c1OC.O. The van der Waals surface area contributed by atoms with Crippen LogP contribution in [-0.4, -0.2) is 35.2 Å². The van der Waals surface area contributed by atoms with Gasteiger partial charge in [0, 0.05) is 29.9 Å². The summed E-state index contributed by atoms with van der Waals surface area (Å²) in [5, 5.41) is 3.18. The Morgan fingerprint density at radius 3 is 2.79 bits per heavy atom. The van der Waals surface area contributed by atoms with Crippen molar-refractivity contribution in [3.63, 3.8) is 0 Å². The van der Waals surface area contributed by atoms with Gasteiger partial charge in [-0.2, -0.15) is 0 Å². The zero-order chi connectivity index (χ0) is 18.8. The number of carbonyl (C=O) groups excluding carboxylic acids is 1. The van der Waals surface area contributed by atoms with Crippen molar-refractivity contribution in [1.29, 1.82) is 0 Å². The van der Waals surface area contributed by atoms with Gasteiger partial charge in [-0.1, -0.05) is 12.1 Å². The fraction of sp³-hybridized carbons (Fsp3) is 0.200. The molecule has 1 amide bonds. The summed E-state index contributed by atoms with van der Waals surface area (Å²) in [4.78, 5) is 17.0. The second kappa shape index (κ2) is 8.37. The molecule has 1 aliphatic rings. The van der Waals surface area contributed by atoms with Crippen LogP contribution in [-0.2, 0) is 5.75 Å². The Hall–Kier alpha value is -2.97. The highest BCUT2D eigenvalue weighted by atomic mass is 32.2. The summed E-state index contributed by atoms with van der Waals surface area (Å²) < 4.78 is 12.8. The Labute approximate surface area is 167 Å². The van der Waals surface area contributed by atoms with E-state index in [1.807, 2.05) is 36.3 Å². The number of hydrogen-bond acceptors (Lipinski definition) is 5. The second-order valence-electron chi connectivity index (χ2n) is 6.03. The summed E-state index contributed by atoms with van der Waals surface area (Å²) in [5.41, 5.74) is 3.48. The number of fused-ring (bicyclic) bond motifs is 1. The maximum absolute atomic E-state index is 12.8. The number of ether oxygens (including phenoxy) is 2. The van der Waals surface area contributed by atoms with E-state index >= 15 is 0 Å². The average molecular weight is 399 g/mol. The zero-order valence-corrected chi connectivity index (χ0v) is 16.3. The van der Waals surface area contributed by atoms with Crippen LogP contribution in [0.2, 0.25) is 0 Å².